The molecule has 1 atom stereocenters. The Kier molecular flexibility index (Phi) is 6.79. The Hall–Kier alpha value is 0.748. The standard InChI is InChI=1S/C15H42N2OSi4/c1-15(2,3)14(18-19(5,6)7)22(17(4)16,20(8,9)10)21(11,12)13/h14H,16H2,1-13H3. The van der Waals surface area contributed by atoms with Crippen molar-refractivity contribution < 1.29 is 4.43 Å². The maximum Gasteiger partial charge on any atom is 0.183 e. The highest BCUT2D eigenvalue weighted by Crippen LogP contribution is 2.42. The fraction of sp³-hybridized carbons (Fsp3) is 1.00. The first-order valence-electron chi connectivity index (χ1n) is 8.45. The Bertz CT molecular complexity index is 359. The van der Waals surface area contributed by atoms with Crippen molar-refractivity contribution in [3.05, 3.63) is 0 Å². The molecule has 0 saturated carbocycles. The van der Waals surface area contributed by atoms with Crippen LogP contribution in [0.2, 0.25) is 58.9 Å². The van der Waals surface area contributed by atoms with Crippen LogP contribution in [0, 0.1) is 5.41 Å². The zero-order valence-corrected chi connectivity index (χ0v) is 21.5. The Labute approximate surface area is 143 Å². The van der Waals surface area contributed by atoms with E-state index < -0.39 is 30.8 Å². The average molecular weight is 379 g/mol. The molecule has 0 aliphatic heterocycles. The van der Waals surface area contributed by atoms with E-state index in [0.717, 1.165) is 0 Å². The van der Waals surface area contributed by atoms with E-state index in [-0.39, 0.29) is 5.41 Å². The minimum absolute atomic E-state index is 0.126. The largest absolute Gasteiger partial charge is 0.416 e. The smallest absolute Gasteiger partial charge is 0.183 e. The second kappa shape index (κ2) is 6.57. The topological polar surface area (TPSA) is 38.5 Å². The lowest BCUT2D eigenvalue weighted by Gasteiger charge is -2.61. The molecule has 0 amide bonds. The highest BCUT2D eigenvalue weighted by atomic mass is 29.6. The Morgan fingerprint density at radius 3 is 1.27 bits per heavy atom. The van der Waals surface area contributed by atoms with Crippen LogP contribution >= 0.6 is 0 Å². The summed E-state index contributed by atoms with van der Waals surface area (Å²) >= 11 is 0. The van der Waals surface area contributed by atoms with Crippen LogP contribution in [0.25, 0.3) is 0 Å². The van der Waals surface area contributed by atoms with Crippen LogP contribution in [0.1, 0.15) is 20.8 Å². The summed E-state index contributed by atoms with van der Waals surface area (Å²) in [4.78, 5) is 0. The van der Waals surface area contributed by atoms with Crippen molar-refractivity contribution >= 4 is 30.8 Å². The molecule has 0 heterocycles. The lowest BCUT2D eigenvalue weighted by Crippen LogP contribution is -2.88. The summed E-state index contributed by atoms with van der Waals surface area (Å²) in [5.41, 5.74) is 0.431. The molecule has 0 spiro atoms. The first-order chi connectivity index (χ1) is 9.28. The average Bonchev–Trinajstić information content (AvgIpc) is 2.07. The van der Waals surface area contributed by atoms with Crippen molar-refractivity contribution in [3.8, 4) is 0 Å². The summed E-state index contributed by atoms with van der Waals surface area (Å²) in [5.74, 6) is 6.66. The third kappa shape index (κ3) is 4.64. The molecule has 2 N–H and O–H groups in total. The quantitative estimate of drug-likeness (QED) is 0.423. The Morgan fingerprint density at radius 2 is 1.14 bits per heavy atom. The number of hydrazine groups is 1. The molecule has 0 aromatic heterocycles. The highest BCUT2D eigenvalue weighted by molar-refractivity contribution is 7.68. The summed E-state index contributed by atoms with van der Waals surface area (Å²) in [6.07, 6.45) is 0. The maximum absolute atomic E-state index is 6.93. The first-order valence-corrected chi connectivity index (χ1v) is 22.9. The molecule has 0 aliphatic carbocycles. The predicted molar refractivity (Wildman–Crippen MR) is 112 cm³/mol. The van der Waals surface area contributed by atoms with Gasteiger partial charge in [-0.25, -0.2) is 0 Å². The Morgan fingerprint density at radius 1 is 0.818 bits per heavy atom. The van der Waals surface area contributed by atoms with Crippen molar-refractivity contribution in [2.24, 2.45) is 11.3 Å². The summed E-state index contributed by atoms with van der Waals surface area (Å²) in [6, 6.07) is 0. The summed E-state index contributed by atoms with van der Waals surface area (Å²) in [6.45, 7) is 29.1. The van der Waals surface area contributed by atoms with Gasteiger partial charge >= 0.3 is 0 Å². The van der Waals surface area contributed by atoms with Gasteiger partial charge in [-0.15, -0.1) is 0 Å². The molecule has 0 radical (unpaired) electrons. The first kappa shape index (κ1) is 22.7. The van der Waals surface area contributed by atoms with E-state index in [2.05, 4.69) is 91.4 Å². The molecule has 0 aromatic carbocycles. The van der Waals surface area contributed by atoms with Gasteiger partial charge < -0.3 is 4.43 Å². The molecule has 0 fully saturated rings. The van der Waals surface area contributed by atoms with E-state index >= 15 is 0 Å². The van der Waals surface area contributed by atoms with Gasteiger partial charge in [0.05, 0.1) is 20.9 Å². The van der Waals surface area contributed by atoms with Crippen LogP contribution in [0.5, 0.6) is 0 Å². The minimum atomic E-state index is -1.95. The van der Waals surface area contributed by atoms with Crippen LogP contribution in [-0.4, -0.2) is 48.2 Å². The maximum atomic E-state index is 6.93. The normalized spacial score (nSPS) is 17.0. The van der Waals surface area contributed by atoms with Crippen molar-refractivity contribution in [1.82, 2.24) is 4.67 Å². The fourth-order valence-corrected chi connectivity index (χ4v) is 56.5. The van der Waals surface area contributed by atoms with Gasteiger partial charge in [-0.3, -0.25) is 10.5 Å². The lowest BCUT2D eigenvalue weighted by atomic mass is 9.98. The predicted octanol–water partition coefficient (Wildman–Crippen LogP) is 4.38. The van der Waals surface area contributed by atoms with Gasteiger partial charge in [0, 0.05) is 0 Å². The third-order valence-electron chi connectivity index (χ3n) is 4.48. The molecular formula is C15H42N2OSi4. The molecule has 0 saturated heterocycles. The molecule has 7 heteroatoms. The van der Waals surface area contributed by atoms with E-state index in [1.54, 1.807) is 0 Å². The molecule has 1 unspecified atom stereocenters. The van der Waals surface area contributed by atoms with Gasteiger partial charge in [0.15, 0.2) is 15.6 Å². The number of nitrogens with zero attached hydrogens (tertiary/aromatic N) is 1. The number of hydrogen-bond donors (Lipinski definition) is 1. The van der Waals surface area contributed by atoms with Gasteiger partial charge in [-0.2, -0.15) is 0 Å². The lowest BCUT2D eigenvalue weighted by molar-refractivity contribution is 0.135. The highest BCUT2D eigenvalue weighted by Gasteiger charge is 2.65. The van der Waals surface area contributed by atoms with Gasteiger partial charge in [-0.1, -0.05) is 60.1 Å². The van der Waals surface area contributed by atoms with E-state index in [1.807, 2.05) is 0 Å². The summed E-state index contributed by atoms with van der Waals surface area (Å²) < 4.78 is 9.13. The summed E-state index contributed by atoms with van der Waals surface area (Å²) in [7, 11) is -4.48. The van der Waals surface area contributed by atoms with Gasteiger partial charge in [0.2, 0.25) is 0 Å². The zero-order chi connectivity index (χ0) is 18.4. The number of rotatable bonds is 6. The van der Waals surface area contributed by atoms with Crippen LogP contribution in [-0.2, 0) is 4.43 Å². The van der Waals surface area contributed by atoms with E-state index in [9.17, 15) is 0 Å². The van der Waals surface area contributed by atoms with Crippen LogP contribution in [0.3, 0.4) is 0 Å². The van der Waals surface area contributed by atoms with Crippen molar-refractivity contribution in [2.75, 3.05) is 7.05 Å². The van der Waals surface area contributed by atoms with Crippen molar-refractivity contribution in [3.63, 3.8) is 0 Å². The van der Waals surface area contributed by atoms with Gasteiger partial charge in [0.25, 0.3) is 0 Å². The molecule has 0 bridgehead atoms. The third-order valence-corrected chi connectivity index (χ3v) is 44.0. The molecule has 3 nitrogen and oxygen atoms in total. The van der Waals surface area contributed by atoms with Crippen molar-refractivity contribution in [1.29, 1.82) is 0 Å². The molecule has 22 heavy (non-hydrogen) atoms. The van der Waals surface area contributed by atoms with E-state index in [0.29, 0.717) is 5.73 Å². The molecule has 134 valence electrons. The monoisotopic (exact) mass is 378 g/mol. The van der Waals surface area contributed by atoms with Crippen LogP contribution in [0.15, 0.2) is 0 Å². The second-order valence-electron chi connectivity index (χ2n) is 10.9. The molecule has 0 rings (SSSR count). The van der Waals surface area contributed by atoms with Crippen LogP contribution < -0.4 is 5.84 Å². The van der Waals surface area contributed by atoms with Gasteiger partial charge in [0.1, 0.15) is 0 Å². The number of nitrogens with two attached hydrogens (primary N) is 1. The van der Waals surface area contributed by atoms with Gasteiger partial charge in [-0.05, 0) is 32.1 Å². The minimum Gasteiger partial charge on any atom is -0.416 e. The van der Waals surface area contributed by atoms with E-state index in [1.165, 1.54) is 0 Å². The molecule has 0 aromatic rings. The van der Waals surface area contributed by atoms with Crippen molar-refractivity contribution in [2.45, 2.75) is 85.4 Å². The Balaban J connectivity index is 6.57. The van der Waals surface area contributed by atoms with Crippen LogP contribution in [0.4, 0.5) is 0 Å². The number of hydrogen-bond acceptors (Lipinski definition) is 3. The zero-order valence-electron chi connectivity index (χ0n) is 17.5. The molecule has 0 aliphatic rings. The second-order valence-corrected chi connectivity index (χ2v) is 42.2. The molecular weight excluding hydrogens is 337 g/mol. The fourth-order valence-electron chi connectivity index (χ4n) is 4.40. The SMILES string of the molecule is CN(N)[Si](C(O[Si](C)(C)C)C(C)(C)C)([Si](C)(C)C)[Si](C)(C)C. The van der Waals surface area contributed by atoms with E-state index in [4.69, 9.17) is 10.3 Å². The summed E-state index contributed by atoms with van der Waals surface area (Å²) in [5, 5.41) is 0.